The fourth-order valence-corrected chi connectivity index (χ4v) is 4.28. The highest BCUT2D eigenvalue weighted by atomic mass is 32.2. The van der Waals surface area contributed by atoms with Crippen LogP contribution in [0.4, 0.5) is 5.69 Å². The van der Waals surface area contributed by atoms with Gasteiger partial charge in [-0.3, -0.25) is 4.79 Å². The van der Waals surface area contributed by atoms with E-state index in [9.17, 15) is 22.8 Å². The maximum absolute atomic E-state index is 12.8. The summed E-state index contributed by atoms with van der Waals surface area (Å²) in [4.78, 5) is 37.0. The van der Waals surface area contributed by atoms with Crippen LogP contribution in [0.3, 0.4) is 0 Å². The van der Waals surface area contributed by atoms with Crippen LogP contribution in [0.1, 0.15) is 53.8 Å². The molecule has 0 spiro atoms. The monoisotopic (exact) mass is 426 g/mol. The number of anilines is 1. The Morgan fingerprint density at radius 1 is 1.03 bits per heavy atom. The van der Waals surface area contributed by atoms with E-state index in [4.69, 9.17) is 9.47 Å². The fraction of sp³-hybridized carbons (Fsp3) is 0.526. The van der Waals surface area contributed by atoms with Crippen molar-refractivity contribution in [1.29, 1.82) is 0 Å². The first-order valence-corrected chi connectivity index (χ1v) is 11.3. The lowest BCUT2D eigenvalue weighted by Gasteiger charge is -2.32. The topological polar surface area (TPSA) is 119 Å². The molecule has 1 atom stereocenters. The normalized spacial score (nSPS) is 17.4. The van der Waals surface area contributed by atoms with Gasteiger partial charge in [-0.1, -0.05) is 6.42 Å². The maximum Gasteiger partial charge on any atom is 0.338 e. The number of ether oxygens (including phenoxy) is 2. The minimum Gasteiger partial charge on any atom is -0.462 e. The molecule has 1 N–H and O–H groups in total. The minimum atomic E-state index is -3.55. The summed E-state index contributed by atoms with van der Waals surface area (Å²) in [6.07, 6.45) is 2.86. The molecule has 160 valence electrons. The van der Waals surface area contributed by atoms with Crippen LogP contribution in [-0.4, -0.2) is 62.6 Å². The Balaban J connectivity index is 2.33. The number of nitrogens with zero attached hydrogens (tertiary/aromatic N) is 1. The van der Waals surface area contributed by atoms with Crippen molar-refractivity contribution in [3.05, 3.63) is 29.3 Å². The molecule has 1 heterocycles. The van der Waals surface area contributed by atoms with E-state index < -0.39 is 33.9 Å². The summed E-state index contributed by atoms with van der Waals surface area (Å²) in [5, 5.41) is 2.63. The third-order valence-corrected chi connectivity index (χ3v) is 5.69. The molecular formula is C19H26N2O7S. The molecule has 0 unspecified atom stereocenters. The van der Waals surface area contributed by atoms with Crippen LogP contribution in [-0.2, 0) is 24.3 Å². The molecule has 1 aliphatic rings. The van der Waals surface area contributed by atoms with Crippen molar-refractivity contribution >= 4 is 33.6 Å². The number of piperidine rings is 1. The van der Waals surface area contributed by atoms with Gasteiger partial charge in [0.05, 0.1) is 30.6 Å². The van der Waals surface area contributed by atoms with Gasteiger partial charge in [-0.05, 0) is 44.9 Å². The number of carbonyl (C=O) groups is 3. The summed E-state index contributed by atoms with van der Waals surface area (Å²) in [7, 11) is -3.55. The van der Waals surface area contributed by atoms with Gasteiger partial charge in [0.1, 0.15) is 6.04 Å². The van der Waals surface area contributed by atoms with Crippen LogP contribution >= 0.6 is 0 Å². The molecule has 1 saturated heterocycles. The SMILES string of the molecule is CCOC(=O)c1cc(NC(=O)[C@H]2CCCCN2S(C)(=O)=O)cc(C(=O)OCC)c1. The van der Waals surface area contributed by atoms with Crippen LogP contribution < -0.4 is 5.32 Å². The predicted molar refractivity (Wildman–Crippen MR) is 106 cm³/mol. The molecule has 0 bridgehead atoms. The number of sulfonamides is 1. The third kappa shape index (κ3) is 6.01. The van der Waals surface area contributed by atoms with Gasteiger partial charge in [-0.2, -0.15) is 4.31 Å². The van der Waals surface area contributed by atoms with E-state index in [2.05, 4.69) is 5.32 Å². The lowest BCUT2D eigenvalue weighted by molar-refractivity contribution is -0.120. The highest BCUT2D eigenvalue weighted by Crippen LogP contribution is 2.23. The summed E-state index contributed by atoms with van der Waals surface area (Å²) >= 11 is 0. The maximum atomic E-state index is 12.8. The van der Waals surface area contributed by atoms with Crippen LogP contribution in [0.15, 0.2) is 18.2 Å². The average Bonchev–Trinajstić information content (AvgIpc) is 2.67. The number of esters is 2. The van der Waals surface area contributed by atoms with Crippen molar-refractivity contribution in [2.75, 3.05) is 31.3 Å². The number of carbonyl (C=O) groups excluding carboxylic acids is 3. The predicted octanol–water partition coefficient (Wildman–Crippen LogP) is 1.79. The van der Waals surface area contributed by atoms with Crippen LogP contribution in [0.2, 0.25) is 0 Å². The standard InChI is InChI=1S/C19H26N2O7S/c1-4-27-18(23)13-10-14(19(24)28-5-2)12-15(11-13)20-17(22)16-8-6-7-9-21(16)29(3,25)26/h10-12,16H,4-9H2,1-3H3,(H,20,22)/t16-/m1/s1. The zero-order valence-electron chi connectivity index (χ0n) is 16.8. The Labute approximate surface area is 170 Å². The molecule has 0 radical (unpaired) electrons. The Morgan fingerprint density at radius 3 is 2.07 bits per heavy atom. The van der Waals surface area contributed by atoms with Crippen molar-refractivity contribution < 1.29 is 32.3 Å². The number of hydrogen-bond acceptors (Lipinski definition) is 7. The van der Waals surface area contributed by atoms with Gasteiger partial charge in [-0.25, -0.2) is 18.0 Å². The van der Waals surface area contributed by atoms with Gasteiger partial charge < -0.3 is 14.8 Å². The van der Waals surface area contributed by atoms with E-state index in [0.29, 0.717) is 12.8 Å². The second kappa shape index (κ2) is 9.84. The molecular weight excluding hydrogens is 400 g/mol. The largest absolute Gasteiger partial charge is 0.462 e. The van der Waals surface area contributed by atoms with Crippen molar-refractivity contribution in [2.45, 2.75) is 39.2 Å². The molecule has 10 heteroatoms. The average molecular weight is 426 g/mol. The molecule has 0 aromatic heterocycles. The molecule has 1 aromatic rings. The van der Waals surface area contributed by atoms with Crippen molar-refractivity contribution in [3.8, 4) is 0 Å². The van der Waals surface area contributed by atoms with E-state index in [-0.39, 0.29) is 36.6 Å². The van der Waals surface area contributed by atoms with E-state index in [1.54, 1.807) is 13.8 Å². The second-order valence-electron chi connectivity index (χ2n) is 6.61. The molecule has 2 rings (SSSR count). The van der Waals surface area contributed by atoms with Crippen molar-refractivity contribution in [3.63, 3.8) is 0 Å². The van der Waals surface area contributed by atoms with Gasteiger partial charge in [0, 0.05) is 12.2 Å². The van der Waals surface area contributed by atoms with Gasteiger partial charge >= 0.3 is 11.9 Å². The Hall–Kier alpha value is -2.46. The van der Waals surface area contributed by atoms with E-state index in [0.717, 1.165) is 12.7 Å². The zero-order valence-corrected chi connectivity index (χ0v) is 17.6. The van der Waals surface area contributed by atoms with E-state index in [1.807, 2.05) is 0 Å². The zero-order chi connectivity index (χ0) is 21.6. The molecule has 1 fully saturated rings. The van der Waals surface area contributed by atoms with Crippen LogP contribution in [0, 0.1) is 0 Å². The van der Waals surface area contributed by atoms with Gasteiger partial charge in [-0.15, -0.1) is 0 Å². The van der Waals surface area contributed by atoms with Crippen LogP contribution in [0.25, 0.3) is 0 Å². The number of benzene rings is 1. The molecule has 1 aliphatic heterocycles. The first-order chi connectivity index (χ1) is 13.7. The molecule has 1 aromatic carbocycles. The van der Waals surface area contributed by atoms with Crippen molar-refractivity contribution in [1.82, 2.24) is 4.31 Å². The summed E-state index contributed by atoms with van der Waals surface area (Å²) in [5.41, 5.74) is 0.343. The van der Waals surface area contributed by atoms with Crippen molar-refractivity contribution in [2.24, 2.45) is 0 Å². The lowest BCUT2D eigenvalue weighted by atomic mass is 10.0. The lowest BCUT2D eigenvalue weighted by Crippen LogP contribution is -2.49. The van der Waals surface area contributed by atoms with Gasteiger partial charge in [0.15, 0.2) is 0 Å². The molecule has 1 amide bonds. The summed E-state index contributed by atoms with van der Waals surface area (Å²) in [5.74, 6) is -1.82. The fourth-order valence-electron chi connectivity index (χ4n) is 3.15. The summed E-state index contributed by atoms with van der Waals surface area (Å²) in [6.45, 7) is 3.87. The Bertz CT molecular complexity index is 846. The third-order valence-electron chi connectivity index (χ3n) is 4.41. The minimum absolute atomic E-state index is 0.0799. The number of nitrogens with one attached hydrogen (secondary N) is 1. The van der Waals surface area contributed by atoms with Gasteiger partial charge in [0.25, 0.3) is 0 Å². The van der Waals surface area contributed by atoms with E-state index >= 15 is 0 Å². The molecule has 29 heavy (non-hydrogen) atoms. The summed E-state index contributed by atoms with van der Waals surface area (Å²) in [6, 6.07) is 3.24. The molecule has 0 saturated carbocycles. The quantitative estimate of drug-likeness (QED) is 0.660. The van der Waals surface area contributed by atoms with E-state index in [1.165, 1.54) is 22.5 Å². The Kier molecular flexibility index (Phi) is 7.74. The highest BCUT2D eigenvalue weighted by Gasteiger charge is 2.34. The number of rotatable bonds is 7. The molecule has 0 aliphatic carbocycles. The first kappa shape index (κ1) is 22.8. The second-order valence-corrected chi connectivity index (χ2v) is 8.55. The van der Waals surface area contributed by atoms with Crippen LogP contribution in [0.5, 0.6) is 0 Å². The first-order valence-electron chi connectivity index (χ1n) is 9.44. The Morgan fingerprint density at radius 2 is 1.59 bits per heavy atom. The highest BCUT2D eigenvalue weighted by molar-refractivity contribution is 7.88. The summed E-state index contributed by atoms with van der Waals surface area (Å²) < 4.78 is 35.1. The van der Waals surface area contributed by atoms with Gasteiger partial charge in [0.2, 0.25) is 15.9 Å². The molecule has 9 nitrogen and oxygen atoms in total. The number of hydrogen-bond donors (Lipinski definition) is 1. The number of amides is 1. The smallest absolute Gasteiger partial charge is 0.338 e.